The summed E-state index contributed by atoms with van der Waals surface area (Å²) in [6, 6.07) is 13.7. The minimum Gasteiger partial charge on any atom is -0.504 e. The van der Waals surface area contributed by atoms with Crippen LogP contribution in [0, 0.1) is 5.82 Å². The van der Waals surface area contributed by atoms with Crippen LogP contribution in [0.4, 0.5) is 4.39 Å². The Kier molecular flexibility index (Phi) is 3.57. The van der Waals surface area contributed by atoms with Crippen molar-refractivity contribution < 1.29 is 14.2 Å². The van der Waals surface area contributed by atoms with Crippen LogP contribution in [0.2, 0.25) is 0 Å². The summed E-state index contributed by atoms with van der Waals surface area (Å²) in [4.78, 5) is 8.87. The lowest BCUT2D eigenvalue weighted by Crippen LogP contribution is -1.91. The Morgan fingerprint density at radius 3 is 2.72 bits per heavy atom. The molecule has 0 unspecified atom stereocenters. The van der Waals surface area contributed by atoms with Crippen molar-refractivity contribution in [2.24, 2.45) is 0 Å². The van der Waals surface area contributed by atoms with E-state index in [4.69, 9.17) is 4.74 Å². The van der Waals surface area contributed by atoms with E-state index in [9.17, 15) is 9.50 Å². The van der Waals surface area contributed by atoms with E-state index in [1.165, 1.54) is 6.07 Å². The largest absolute Gasteiger partial charge is 0.504 e. The maximum absolute atomic E-state index is 13.8. The van der Waals surface area contributed by atoms with Gasteiger partial charge < -0.3 is 9.84 Å². The summed E-state index contributed by atoms with van der Waals surface area (Å²) in [5, 5.41) is 10.1. The first kappa shape index (κ1) is 15.1. The number of ether oxygens (including phenoxy) is 1. The van der Waals surface area contributed by atoms with E-state index >= 15 is 0 Å². The molecule has 6 heteroatoms. The number of hydrogen-bond acceptors (Lipinski definition) is 4. The molecular formula is C19H14FN3O2. The maximum atomic E-state index is 13.8. The standard InChI is InChI=1S/C19H14FN3O2/c1-25-19-12(7-5-10-21-19)16-15-9-2-3-11-23(15)18(22-16)13-6-4-8-14(20)17(13)24/h2-11,24H,1H3. The highest BCUT2D eigenvalue weighted by atomic mass is 19.1. The highest BCUT2D eigenvalue weighted by molar-refractivity contribution is 5.84. The predicted molar refractivity (Wildman–Crippen MR) is 92.0 cm³/mol. The topological polar surface area (TPSA) is 59.7 Å². The molecule has 0 aliphatic rings. The van der Waals surface area contributed by atoms with Gasteiger partial charge in [-0.15, -0.1) is 0 Å². The Bertz CT molecular complexity index is 1080. The van der Waals surface area contributed by atoms with Gasteiger partial charge in [0.15, 0.2) is 11.6 Å². The molecule has 3 heterocycles. The Morgan fingerprint density at radius 1 is 1.04 bits per heavy atom. The van der Waals surface area contributed by atoms with E-state index in [0.29, 0.717) is 23.0 Å². The zero-order valence-electron chi connectivity index (χ0n) is 13.3. The Labute approximate surface area is 143 Å². The second-order valence-electron chi connectivity index (χ2n) is 5.44. The lowest BCUT2D eigenvalue weighted by atomic mass is 10.1. The van der Waals surface area contributed by atoms with Crippen LogP contribution in [0.25, 0.3) is 28.2 Å². The first-order valence-electron chi connectivity index (χ1n) is 7.65. The van der Waals surface area contributed by atoms with Crippen molar-refractivity contribution in [3.63, 3.8) is 0 Å². The lowest BCUT2D eigenvalue weighted by molar-refractivity contribution is 0.399. The van der Waals surface area contributed by atoms with Gasteiger partial charge in [-0.25, -0.2) is 14.4 Å². The molecule has 25 heavy (non-hydrogen) atoms. The molecule has 4 rings (SSSR count). The van der Waals surface area contributed by atoms with E-state index in [1.807, 2.05) is 30.5 Å². The number of pyridine rings is 2. The zero-order valence-corrected chi connectivity index (χ0v) is 13.3. The summed E-state index contributed by atoms with van der Waals surface area (Å²) in [7, 11) is 1.55. The van der Waals surface area contributed by atoms with Gasteiger partial charge in [-0.05, 0) is 36.4 Å². The van der Waals surface area contributed by atoms with Gasteiger partial charge in [-0.3, -0.25) is 4.40 Å². The number of imidazole rings is 1. The SMILES string of the molecule is COc1ncccc1-c1nc(-c2cccc(F)c2O)n2ccccc12. The molecule has 0 spiro atoms. The number of rotatable bonds is 3. The normalized spacial score (nSPS) is 11.0. The van der Waals surface area contributed by atoms with E-state index in [-0.39, 0.29) is 0 Å². The van der Waals surface area contributed by atoms with Crippen molar-refractivity contribution in [1.82, 2.24) is 14.4 Å². The third-order valence-corrected chi connectivity index (χ3v) is 4.00. The van der Waals surface area contributed by atoms with Gasteiger partial charge in [-0.2, -0.15) is 0 Å². The van der Waals surface area contributed by atoms with Crippen LogP contribution in [0.15, 0.2) is 60.9 Å². The summed E-state index contributed by atoms with van der Waals surface area (Å²) in [5.74, 6) is -0.233. The third kappa shape index (κ3) is 2.39. The smallest absolute Gasteiger partial charge is 0.222 e. The van der Waals surface area contributed by atoms with Crippen molar-refractivity contribution in [3.8, 4) is 34.3 Å². The van der Waals surface area contributed by atoms with Crippen LogP contribution in [0.3, 0.4) is 0 Å². The fourth-order valence-corrected chi connectivity index (χ4v) is 2.86. The van der Waals surface area contributed by atoms with Gasteiger partial charge in [0.25, 0.3) is 0 Å². The Morgan fingerprint density at radius 2 is 1.88 bits per heavy atom. The van der Waals surface area contributed by atoms with E-state index in [0.717, 1.165) is 11.1 Å². The summed E-state index contributed by atoms with van der Waals surface area (Å²) in [5.41, 5.74) is 2.47. The maximum Gasteiger partial charge on any atom is 0.222 e. The number of hydrogen-bond donors (Lipinski definition) is 1. The number of phenols is 1. The van der Waals surface area contributed by atoms with Crippen LogP contribution in [0.5, 0.6) is 11.6 Å². The van der Waals surface area contributed by atoms with Crippen molar-refractivity contribution in [2.75, 3.05) is 7.11 Å². The third-order valence-electron chi connectivity index (χ3n) is 4.00. The number of phenolic OH excluding ortho intramolecular Hbond substituents is 1. The first-order chi connectivity index (χ1) is 12.2. The van der Waals surface area contributed by atoms with Gasteiger partial charge in [-0.1, -0.05) is 12.1 Å². The van der Waals surface area contributed by atoms with Gasteiger partial charge >= 0.3 is 0 Å². The van der Waals surface area contributed by atoms with Crippen LogP contribution < -0.4 is 4.74 Å². The van der Waals surface area contributed by atoms with Gasteiger partial charge in [0.05, 0.1) is 23.8 Å². The molecule has 1 N–H and O–H groups in total. The zero-order chi connectivity index (χ0) is 17.4. The average Bonchev–Trinajstić information content (AvgIpc) is 3.03. The van der Waals surface area contributed by atoms with E-state index < -0.39 is 11.6 Å². The molecule has 0 radical (unpaired) electrons. The number of aromatic nitrogens is 3. The molecule has 1 aromatic carbocycles. The van der Waals surface area contributed by atoms with Crippen molar-refractivity contribution in [2.45, 2.75) is 0 Å². The molecule has 5 nitrogen and oxygen atoms in total. The number of para-hydroxylation sites is 1. The Hall–Kier alpha value is -3.41. The minimum absolute atomic E-state index is 0.315. The molecule has 0 amide bonds. The number of halogens is 1. The monoisotopic (exact) mass is 335 g/mol. The lowest BCUT2D eigenvalue weighted by Gasteiger charge is -2.04. The summed E-state index contributed by atoms with van der Waals surface area (Å²) < 4.78 is 20.9. The molecule has 0 saturated heterocycles. The second kappa shape index (κ2) is 5.90. The first-order valence-corrected chi connectivity index (χ1v) is 7.65. The number of benzene rings is 1. The summed E-state index contributed by atoms with van der Waals surface area (Å²) >= 11 is 0. The summed E-state index contributed by atoms with van der Waals surface area (Å²) in [6.45, 7) is 0. The van der Waals surface area contributed by atoms with E-state index in [1.54, 1.807) is 35.9 Å². The predicted octanol–water partition coefficient (Wildman–Crippen LogP) is 3.92. The van der Waals surface area contributed by atoms with Crippen LogP contribution in [0.1, 0.15) is 0 Å². The molecule has 4 aromatic rings. The van der Waals surface area contributed by atoms with Gasteiger partial charge in [0, 0.05) is 12.4 Å². The minimum atomic E-state index is -0.689. The molecule has 0 saturated carbocycles. The van der Waals surface area contributed by atoms with Gasteiger partial charge in [0.2, 0.25) is 5.88 Å². The van der Waals surface area contributed by atoms with Gasteiger partial charge in [0.1, 0.15) is 11.5 Å². The Balaban J connectivity index is 2.04. The van der Waals surface area contributed by atoms with Crippen LogP contribution in [-0.2, 0) is 0 Å². The summed E-state index contributed by atoms with van der Waals surface area (Å²) in [6.07, 6.45) is 3.45. The van der Waals surface area contributed by atoms with Crippen LogP contribution in [-0.4, -0.2) is 26.6 Å². The molecule has 0 aliphatic heterocycles. The highest BCUT2D eigenvalue weighted by Gasteiger charge is 2.20. The molecule has 0 fully saturated rings. The van der Waals surface area contributed by atoms with E-state index in [2.05, 4.69) is 9.97 Å². The molecule has 0 aliphatic carbocycles. The average molecular weight is 335 g/mol. The number of fused-ring (bicyclic) bond motifs is 1. The molecule has 3 aromatic heterocycles. The second-order valence-corrected chi connectivity index (χ2v) is 5.44. The fourth-order valence-electron chi connectivity index (χ4n) is 2.86. The number of nitrogens with zero attached hydrogens (tertiary/aromatic N) is 3. The number of aromatic hydroxyl groups is 1. The highest BCUT2D eigenvalue weighted by Crippen LogP contribution is 2.36. The quantitative estimate of drug-likeness (QED) is 0.616. The van der Waals surface area contributed by atoms with Crippen molar-refractivity contribution in [1.29, 1.82) is 0 Å². The molecular weight excluding hydrogens is 321 g/mol. The molecule has 0 atom stereocenters. The number of methoxy groups -OCH3 is 1. The molecule has 0 bridgehead atoms. The fraction of sp³-hybridized carbons (Fsp3) is 0.0526. The van der Waals surface area contributed by atoms with Crippen molar-refractivity contribution in [3.05, 3.63) is 66.7 Å². The molecule has 124 valence electrons. The van der Waals surface area contributed by atoms with Crippen molar-refractivity contribution >= 4 is 5.52 Å². The van der Waals surface area contributed by atoms with Crippen LogP contribution >= 0.6 is 0 Å².